The molecular formula is C31H35N3O4S. The van der Waals surface area contributed by atoms with E-state index in [1.165, 1.54) is 22.5 Å². The van der Waals surface area contributed by atoms with Gasteiger partial charge in [-0.15, -0.1) is 0 Å². The molecule has 1 saturated heterocycles. The average Bonchev–Trinajstić information content (AvgIpc) is 2.93. The van der Waals surface area contributed by atoms with E-state index in [0.717, 1.165) is 16.7 Å². The van der Waals surface area contributed by atoms with Crippen LogP contribution < -0.4 is 10.6 Å². The molecule has 0 spiro atoms. The number of carbonyl (C=O) groups excluding carboxylic acids is 2. The van der Waals surface area contributed by atoms with Gasteiger partial charge in [0.25, 0.3) is 5.91 Å². The molecule has 204 valence electrons. The van der Waals surface area contributed by atoms with Crippen LogP contribution in [0, 0.1) is 0 Å². The fourth-order valence-corrected chi connectivity index (χ4v) is 7.07. The van der Waals surface area contributed by atoms with Crippen molar-refractivity contribution in [2.75, 3.05) is 6.54 Å². The summed E-state index contributed by atoms with van der Waals surface area (Å²) in [5.74, 6) is -0.508. The molecule has 8 heteroatoms. The minimum atomic E-state index is -3.77. The highest BCUT2D eigenvalue weighted by Crippen LogP contribution is 2.30. The summed E-state index contributed by atoms with van der Waals surface area (Å²) in [4.78, 5) is 24.5. The number of benzene rings is 3. The fraction of sp³-hybridized carbons (Fsp3) is 0.290. The normalized spacial score (nSPS) is 19.7. The van der Waals surface area contributed by atoms with Gasteiger partial charge in [-0.1, -0.05) is 61.2 Å². The van der Waals surface area contributed by atoms with Gasteiger partial charge in [0.05, 0.1) is 4.90 Å². The first-order valence-electron chi connectivity index (χ1n) is 13.2. The minimum Gasteiger partial charge on any atom is -0.352 e. The number of nitrogens with one attached hydrogen (secondary N) is 2. The fourth-order valence-electron chi connectivity index (χ4n) is 5.23. The van der Waals surface area contributed by atoms with Gasteiger partial charge in [-0.3, -0.25) is 9.59 Å². The van der Waals surface area contributed by atoms with Crippen LogP contribution in [0.2, 0.25) is 0 Å². The standard InChI is InChI=1S/C31H35N3O4S/c1-4-30(35)33-28-20-22(2)34(23(3)21-28)39(37,38)29-16-14-27(15-17-29)31(36)32-19-18-24-10-12-26(13-11-24)25-8-6-5-7-9-25/h4-17,22-23,28H,1,18-21H2,2-3H3,(H,32,36)(H,33,35). The SMILES string of the molecule is C=CC(=O)NC1CC(C)N(S(=O)(=O)c2ccc(C(=O)NCCc3ccc(-c4ccccc4)cc3)cc2)C(C)C1. The summed E-state index contributed by atoms with van der Waals surface area (Å²) in [5, 5.41) is 5.79. The van der Waals surface area contributed by atoms with Gasteiger partial charge in [-0.25, -0.2) is 8.42 Å². The van der Waals surface area contributed by atoms with Gasteiger partial charge in [-0.05, 0) is 80.1 Å². The number of carbonyl (C=O) groups is 2. The quantitative estimate of drug-likeness (QED) is 0.386. The lowest BCUT2D eigenvalue weighted by Crippen LogP contribution is -2.54. The molecule has 2 N–H and O–H groups in total. The summed E-state index contributed by atoms with van der Waals surface area (Å²) in [6.07, 6.45) is 2.93. The van der Waals surface area contributed by atoms with E-state index in [1.807, 2.05) is 32.0 Å². The molecule has 4 rings (SSSR count). The Bertz CT molecular complexity index is 1390. The molecule has 1 aliphatic heterocycles. The molecule has 0 radical (unpaired) electrons. The maximum atomic E-state index is 13.4. The summed E-state index contributed by atoms with van der Waals surface area (Å²) in [6.45, 7) is 7.63. The molecule has 3 aromatic carbocycles. The summed E-state index contributed by atoms with van der Waals surface area (Å²) in [7, 11) is -3.77. The van der Waals surface area contributed by atoms with Crippen molar-refractivity contribution in [3.05, 3.63) is 103 Å². The Morgan fingerprint density at radius 2 is 1.49 bits per heavy atom. The van der Waals surface area contributed by atoms with Crippen LogP contribution in [-0.2, 0) is 21.2 Å². The van der Waals surface area contributed by atoms with Crippen LogP contribution in [0.15, 0.2) is 96.4 Å². The summed E-state index contributed by atoms with van der Waals surface area (Å²) >= 11 is 0. The first-order valence-corrected chi connectivity index (χ1v) is 14.6. The lowest BCUT2D eigenvalue weighted by molar-refractivity contribution is -0.117. The van der Waals surface area contributed by atoms with Crippen LogP contribution in [0.25, 0.3) is 11.1 Å². The van der Waals surface area contributed by atoms with E-state index in [4.69, 9.17) is 0 Å². The molecule has 2 amide bonds. The Morgan fingerprint density at radius 1 is 0.897 bits per heavy atom. The van der Waals surface area contributed by atoms with E-state index in [2.05, 4.69) is 53.6 Å². The average molecular weight is 546 g/mol. The number of hydrogen-bond donors (Lipinski definition) is 2. The largest absolute Gasteiger partial charge is 0.352 e. The lowest BCUT2D eigenvalue weighted by atomic mass is 9.95. The number of hydrogen-bond acceptors (Lipinski definition) is 4. The van der Waals surface area contributed by atoms with E-state index in [-0.39, 0.29) is 34.8 Å². The number of amides is 2. The summed E-state index contributed by atoms with van der Waals surface area (Å²) in [6, 6.07) is 23.8. The highest BCUT2D eigenvalue weighted by Gasteiger charge is 2.39. The minimum absolute atomic E-state index is 0.111. The van der Waals surface area contributed by atoms with Crippen molar-refractivity contribution in [3.63, 3.8) is 0 Å². The van der Waals surface area contributed by atoms with Crippen molar-refractivity contribution in [2.45, 2.75) is 56.1 Å². The molecule has 1 heterocycles. The van der Waals surface area contributed by atoms with Crippen molar-refractivity contribution < 1.29 is 18.0 Å². The Balaban J connectivity index is 1.33. The second-order valence-electron chi connectivity index (χ2n) is 10.0. The molecule has 0 saturated carbocycles. The van der Waals surface area contributed by atoms with E-state index < -0.39 is 10.0 Å². The smallest absolute Gasteiger partial charge is 0.251 e. The Kier molecular flexibility index (Phi) is 8.99. The summed E-state index contributed by atoms with van der Waals surface area (Å²) < 4.78 is 28.4. The van der Waals surface area contributed by atoms with E-state index in [1.54, 1.807) is 12.1 Å². The molecular weight excluding hydrogens is 510 g/mol. The molecule has 0 aliphatic carbocycles. The van der Waals surface area contributed by atoms with Gasteiger partial charge in [-0.2, -0.15) is 4.31 Å². The van der Waals surface area contributed by atoms with Crippen molar-refractivity contribution in [3.8, 4) is 11.1 Å². The Hall–Kier alpha value is -3.75. The summed E-state index contributed by atoms with van der Waals surface area (Å²) in [5.41, 5.74) is 3.83. The third kappa shape index (κ3) is 6.82. The van der Waals surface area contributed by atoms with Crippen LogP contribution in [0.3, 0.4) is 0 Å². The van der Waals surface area contributed by atoms with Crippen molar-refractivity contribution >= 4 is 21.8 Å². The highest BCUT2D eigenvalue weighted by molar-refractivity contribution is 7.89. The van der Waals surface area contributed by atoms with Crippen LogP contribution >= 0.6 is 0 Å². The zero-order chi connectivity index (χ0) is 28.0. The Morgan fingerprint density at radius 3 is 2.08 bits per heavy atom. The second-order valence-corrected chi connectivity index (χ2v) is 11.9. The van der Waals surface area contributed by atoms with Gasteiger partial charge >= 0.3 is 0 Å². The third-order valence-corrected chi connectivity index (χ3v) is 9.25. The van der Waals surface area contributed by atoms with Gasteiger partial charge in [0.2, 0.25) is 15.9 Å². The molecule has 7 nitrogen and oxygen atoms in total. The first kappa shape index (κ1) is 28.3. The van der Waals surface area contributed by atoms with Crippen molar-refractivity contribution in [2.24, 2.45) is 0 Å². The van der Waals surface area contributed by atoms with Crippen molar-refractivity contribution in [1.29, 1.82) is 0 Å². The zero-order valence-electron chi connectivity index (χ0n) is 22.3. The van der Waals surface area contributed by atoms with E-state index >= 15 is 0 Å². The second kappa shape index (κ2) is 12.4. The van der Waals surface area contributed by atoms with Crippen LogP contribution in [0.5, 0.6) is 0 Å². The van der Waals surface area contributed by atoms with Gasteiger partial charge in [0.1, 0.15) is 0 Å². The number of piperidine rings is 1. The molecule has 0 aromatic heterocycles. The zero-order valence-corrected chi connectivity index (χ0v) is 23.2. The molecule has 0 bridgehead atoms. The number of sulfonamides is 1. The predicted molar refractivity (Wildman–Crippen MR) is 154 cm³/mol. The van der Waals surface area contributed by atoms with Gasteiger partial charge in [0.15, 0.2) is 0 Å². The highest BCUT2D eigenvalue weighted by atomic mass is 32.2. The molecule has 1 aliphatic rings. The van der Waals surface area contributed by atoms with E-state index in [9.17, 15) is 18.0 Å². The van der Waals surface area contributed by atoms with Gasteiger partial charge < -0.3 is 10.6 Å². The first-order chi connectivity index (χ1) is 18.7. The Labute approximate surface area is 231 Å². The lowest BCUT2D eigenvalue weighted by Gasteiger charge is -2.41. The van der Waals surface area contributed by atoms with Gasteiger partial charge in [0, 0.05) is 30.2 Å². The van der Waals surface area contributed by atoms with Crippen LogP contribution in [0.1, 0.15) is 42.6 Å². The molecule has 2 unspecified atom stereocenters. The van der Waals surface area contributed by atoms with E-state index in [0.29, 0.717) is 31.4 Å². The number of nitrogens with zero attached hydrogens (tertiary/aromatic N) is 1. The molecule has 3 aromatic rings. The van der Waals surface area contributed by atoms with Crippen molar-refractivity contribution in [1.82, 2.24) is 14.9 Å². The predicted octanol–water partition coefficient (Wildman–Crippen LogP) is 4.56. The molecule has 1 fully saturated rings. The number of rotatable bonds is 9. The molecule has 2 atom stereocenters. The maximum Gasteiger partial charge on any atom is 0.251 e. The third-order valence-electron chi connectivity index (χ3n) is 7.10. The monoisotopic (exact) mass is 545 g/mol. The van der Waals surface area contributed by atoms with Crippen LogP contribution in [0.4, 0.5) is 0 Å². The topological polar surface area (TPSA) is 95.6 Å². The maximum absolute atomic E-state index is 13.4. The van der Waals surface area contributed by atoms with Crippen LogP contribution in [-0.4, -0.2) is 49.2 Å². The molecule has 39 heavy (non-hydrogen) atoms.